The van der Waals surface area contributed by atoms with Crippen molar-refractivity contribution in [2.24, 2.45) is 0 Å². The summed E-state index contributed by atoms with van der Waals surface area (Å²) in [5.41, 5.74) is 2.08. The fraction of sp³-hybridized carbons (Fsp3) is 0.429. The molecule has 1 rings (SSSR count). The Labute approximate surface area is 118 Å². The lowest BCUT2D eigenvalue weighted by Gasteiger charge is -2.13. The average Bonchev–Trinajstić information content (AvgIpc) is 2.47. The summed E-state index contributed by atoms with van der Waals surface area (Å²) in [6, 6.07) is 7.70. The second-order valence-corrected chi connectivity index (χ2v) is 4.28. The van der Waals surface area contributed by atoms with Crippen molar-refractivity contribution >= 4 is 11.8 Å². The minimum absolute atomic E-state index is 0.115. The number of rotatable bonds is 6. The van der Waals surface area contributed by atoms with Crippen LogP contribution in [0.4, 0.5) is 0 Å². The first kappa shape index (κ1) is 16.1. The zero-order valence-corrected chi connectivity index (χ0v) is 11.9. The van der Waals surface area contributed by atoms with Gasteiger partial charge in [-0.25, -0.2) is 0 Å². The zero-order valence-electron chi connectivity index (χ0n) is 11.9. The van der Waals surface area contributed by atoms with Crippen molar-refractivity contribution in [1.29, 1.82) is 0 Å². The molecule has 110 valence electrons. The van der Waals surface area contributed by atoms with Gasteiger partial charge in [-0.05, 0) is 12.5 Å². The van der Waals surface area contributed by atoms with Crippen LogP contribution in [0.1, 0.15) is 11.1 Å². The van der Waals surface area contributed by atoms with Crippen LogP contribution in [-0.4, -0.2) is 38.9 Å². The lowest BCUT2D eigenvalue weighted by Crippen LogP contribution is -2.43. The highest BCUT2D eigenvalue weighted by molar-refractivity contribution is 6.35. The topological polar surface area (TPSA) is 76.7 Å². The normalized spacial score (nSPS) is 10.4. The molecule has 0 aliphatic carbocycles. The summed E-state index contributed by atoms with van der Waals surface area (Å²) >= 11 is 0. The molecule has 1 aromatic carbocycles. The van der Waals surface area contributed by atoms with Gasteiger partial charge in [0, 0.05) is 20.8 Å². The standard InChI is InChI=1S/C14H20N2O4/c1-10-4-6-11(7-5-10)8-15-13(17)14(18)16-9-12(19-2)20-3/h4-7,12H,8-9H2,1-3H3,(H,15,17)(H,16,18). The summed E-state index contributed by atoms with van der Waals surface area (Å²) in [7, 11) is 2.91. The monoisotopic (exact) mass is 280 g/mol. The SMILES string of the molecule is COC(CNC(=O)C(=O)NCc1ccc(C)cc1)OC. The summed E-state index contributed by atoms with van der Waals surface area (Å²) in [6.45, 7) is 2.41. The number of amides is 2. The molecule has 0 fully saturated rings. The van der Waals surface area contributed by atoms with Crippen LogP contribution in [-0.2, 0) is 25.6 Å². The van der Waals surface area contributed by atoms with E-state index in [0.717, 1.165) is 11.1 Å². The van der Waals surface area contributed by atoms with Crippen LogP contribution in [0.25, 0.3) is 0 Å². The highest BCUT2D eigenvalue weighted by atomic mass is 16.7. The highest BCUT2D eigenvalue weighted by Gasteiger charge is 2.14. The molecule has 0 saturated carbocycles. The highest BCUT2D eigenvalue weighted by Crippen LogP contribution is 2.02. The van der Waals surface area contributed by atoms with Crippen LogP contribution in [0.3, 0.4) is 0 Å². The number of carbonyl (C=O) groups is 2. The van der Waals surface area contributed by atoms with Gasteiger partial charge in [-0.2, -0.15) is 0 Å². The molecule has 2 amide bonds. The summed E-state index contributed by atoms with van der Waals surface area (Å²) in [5.74, 6) is -1.40. The van der Waals surface area contributed by atoms with Gasteiger partial charge in [0.1, 0.15) is 0 Å². The molecule has 0 aromatic heterocycles. The second kappa shape index (κ2) is 8.29. The minimum atomic E-state index is -0.712. The van der Waals surface area contributed by atoms with E-state index in [9.17, 15) is 9.59 Å². The van der Waals surface area contributed by atoms with E-state index in [1.807, 2.05) is 31.2 Å². The van der Waals surface area contributed by atoms with Crippen molar-refractivity contribution < 1.29 is 19.1 Å². The van der Waals surface area contributed by atoms with Crippen LogP contribution >= 0.6 is 0 Å². The molecule has 0 aliphatic heterocycles. The maximum Gasteiger partial charge on any atom is 0.309 e. The van der Waals surface area contributed by atoms with Crippen molar-refractivity contribution in [3.63, 3.8) is 0 Å². The Bertz CT molecular complexity index is 441. The summed E-state index contributed by atoms with van der Waals surface area (Å²) in [5, 5.41) is 4.97. The van der Waals surface area contributed by atoms with Gasteiger partial charge < -0.3 is 20.1 Å². The second-order valence-electron chi connectivity index (χ2n) is 4.28. The zero-order chi connectivity index (χ0) is 15.0. The van der Waals surface area contributed by atoms with Crippen molar-refractivity contribution in [3.8, 4) is 0 Å². The summed E-state index contributed by atoms with van der Waals surface area (Å²) < 4.78 is 9.80. The minimum Gasteiger partial charge on any atom is -0.354 e. The number of benzene rings is 1. The molecule has 0 saturated heterocycles. The maximum absolute atomic E-state index is 11.6. The largest absolute Gasteiger partial charge is 0.354 e. The van der Waals surface area contributed by atoms with Crippen molar-refractivity contribution in [2.45, 2.75) is 19.8 Å². The first-order valence-electron chi connectivity index (χ1n) is 6.24. The number of nitrogens with one attached hydrogen (secondary N) is 2. The van der Waals surface area contributed by atoms with Crippen LogP contribution in [0.15, 0.2) is 24.3 Å². The number of carbonyl (C=O) groups excluding carboxylic acids is 2. The molecule has 2 N–H and O–H groups in total. The Balaban J connectivity index is 2.34. The predicted octanol–water partition coefficient (Wildman–Crippen LogP) is 0.346. The molecule has 0 spiro atoms. The van der Waals surface area contributed by atoms with Crippen LogP contribution in [0.2, 0.25) is 0 Å². The first-order chi connectivity index (χ1) is 9.56. The van der Waals surface area contributed by atoms with Gasteiger partial charge in [0.2, 0.25) is 0 Å². The molecule has 0 atom stereocenters. The Hall–Kier alpha value is -1.92. The molecular formula is C14H20N2O4. The van der Waals surface area contributed by atoms with Crippen LogP contribution < -0.4 is 10.6 Å². The van der Waals surface area contributed by atoms with Crippen molar-refractivity contribution in [3.05, 3.63) is 35.4 Å². The van der Waals surface area contributed by atoms with Gasteiger partial charge in [0.15, 0.2) is 6.29 Å². The van der Waals surface area contributed by atoms with Crippen LogP contribution in [0.5, 0.6) is 0 Å². The van der Waals surface area contributed by atoms with E-state index in [2.05, 4.69) is 10.6 Å². The molecule has 20 heavy (non-hydrogen) atoms. The third-order valence-corrected chi connectivity index (χ3v) is 2.73. The predicted molar refractivity (Wildman–Crippen MR) is 73.8 cm³/mol. The van der Waals surface area contributed by atoms with E-state index in [1.54, 1.807) is 0 Å². The van der Waals surface area contributed by atoms with E-state index >= 15 is 0 Å². The maximum atomic E-state index is 11.6. The van der Waals surface area contributed by atoms with Crippen molar-refractivity contribution in [1.82, 2.24) is 10.6 Å². The van der Waals surface area contributed by atoms with Gasteiger partial charge >= 0.3 is 11.8 Å². The van der Waals surface area contributed by atoms with Gasteiger partial charge in [-0.3, -0.25) is 9.59 Å². The number of aryl methyl sites for hydroxylation is 1. The number of hydrogen-bond acceptors (Lipinski definition) is 4. The Kier molecular flexibility index (Phi) is 6.69. The Morgan fingerprint density at radius 1 is 1.05 bits per heavy atom. The van der Waals surface area contributed by atoms with Gasteiger partial charge in [0.05, 0.1) is 6.54 Å². The number of methoxy groups -OCH3 is 2. The molecule has 0 aliphatic rings. The summed E-state index contributed by atoms with van der Waals surface area (Å²) in [6.07, 6.45) is -0.566. The third kappa shape index (κ3) is 5.38. The average molecular weight is 280 g/mol. The van der Waals surface area contributed by atoms with E-state index in [0.29, 0.717) is 6.54 Å². The van der Waals surface area contributed by atoms with Crippen molar-refractivity contribution in [2.75, 3.05) is 20.8 Å². The van der Waals surface area contributed by atoms with Gasteiger partial charge in [-0.1, -0.05) is 29.8 Å². The molecule has 1 aromatic rings. The Morgan fingerprint density at radius 2 is 1.60 bits per heavy atom. The van der Waals surface area contributed by atoms with E-state index in [-0.39, 0.29) is 6.54 Å². The lowest BCUT2D eigenvalue weighted by molar-refractivity contribution is -0.141. The van der Waals surface area contributed by atoms with Gasteiger partial charge in [0.25, 0.3) is 0 Å². The first-order valence-corrected chi connectivity index (χ1v) is 6.24. The van der Waals surface area contributed by atoms with Gasteiger partial charge in [-0.15, -0.1) is 0 Å². The molecule has 6 nitrogen and oxygen atoms in total. The third-order valence-electron chi connectivity index (χ3n) is 2.73. The smallest absolute Gasteiger partial charge is 0.309 e. The quantitative estimate of drug-likeness (QED) is 0.582. The molecule has 6 heteroatoms. The lowest BCUT2D eigenvalue weighted by atomic mass is 10.1. The molecular weight excluding hydrogens is 260 g/mol. The number of ether oxygens (including phenoxy) is 2. The molecule has 0 unspecified atom stereocenters. The fourth-order valence-corrected chi connectivity index (χ4v) is 1.49. The fourth-order valence-electron chi connectivity index (χ4n) is 1.49. The number of hydrogen-bond donors (Lipinski definition) is 2. The Morgan fingerprint density at radius 3 is 2.15 bits per heavy atom. The van der Waals surface area contributed by atoms with E-state index in [4.69, 9.17) is 9.47 Å². The van der Waals surface area contributed by atoms with E-state index < -0.39 is 18.1 Å². The molecule has 0 heterocycles. The molecule has 0 bridgehead atoms. The molecule has 0 radical (unpaired) electrons. The van der Waals surface area contributed by atoms with Crippen LogP contribution in [0, 0.1) is 6.92 Å². The summed E-state index contributed by atoms with van der Waals surface area (Å²) in [4.78, 5) is 23.1. The van der Waals surface area contributed by atoms with E-state index in [1.165, 1.54) is 14.2 Å².